The molecule has 5 heteroatoms. The average Bonchev–Trinajstić information content (AvgIpc) is 2.51. The minimum absolute atomic E-state index is 0.0598. The van der Waals surface area contributed by atoms with Crippen molar-refractivity contribution in [1.29, 1.82) is 0 Å². The highest BCUT2D eigenvalue weighted by atomic mass is 16.3. The largest absolute Gasteiger partial charge is 0.508 e. The highest BCUT2D eigenvalue weighted by molar-refractivity contribution is 5.94. The average molecular weight is 304 g/mol. The Morgan fingerprint density at radius 3 is 2.91 bits per heavy atom. The van der Waals surface area contributed by atoms with Crippen LogP contribution in [0.3, 0.4) is 0 Å². The van der Waals surface area contributed by atoms with Crippen LogP contribution in [0.5, 0.6) is 5.75 Å². The van der Waals surface area contributed by atoms with Gasteiger partial charge in [-0.25, -0.2) is 0 Å². The zero-order valence-electron chi connectivity index (χ0n) is 13.0. The number of rotatable bonds is 1. The van der Waals surface area contributed by atoms with E-state index in [1.807, 2.05) is 4.90 Å². The number of carbonyl (C=O) groups excluding carboxylic acids is 1. The van der Waals surface area contributed by atoms with Crippen LogP contribution in [0.2, 0.25) is 0 Å². The number of benzene rings is 1. The minimum Gasteiger partial charge on any atom is -0.508 e. The molecule has 0 unspecified atom stereocenters. The maximum Gasteiger partial charge on any atom is 0.254 e. The van der Waals surface area contributed by atoms with Crippen LogP contribution >= 0.6 is 0 Å². The van der Waals surface area contributed by atoms with Crippen molar-refractivity contribution < 1.29 is 15.0 Å². The molecule has 1 aromatic rings. The minimum atomic E-state index is -0.344. The summed E-state index contributed by atoms with van der Waals surface area (Å²) in [6, 6.07) is 6.49. The molecular weight excluding hydrogens is 280 g/mol. The Kier molecular flexibility index (Phi) is 4.10. The van der Waals surface area contributed by atoms with E-state index in [1.165, 1.54) is 6.07 Å². The van der Waals surface area contributed by atoms with E-state index in [-0.39, 0.29) is 23.2 Å². The first kappa shape index (κ1) is 15.3. The number of likely N-dealkylation sites (tertiary alicyclic amines) is 2. The van der Waals surface area contributed by atoms with Gasteiger partial charge >= 0.3 is 0 Å². The molecule has 0 bridgehead atoms. The quantitative estimate of drug-likeness (QED) is 0.821. The fourth-order valence-electron chi connectivity index (χ4n) is 3.93. The molecule has 120 valence electrons. The SMILES string of the molecule is CN1CC[C@H](O)[C@@]2(CCCN(C(=O)c3cccc(O)c3)C2)C1. The Bertz CT molecular complexity index is 563. The van der Waals surface area contributed by atoms with Crippen molar-refractivity contribution in [2.45, 2.75) is 25.4 Å². The topological polar surface area (TPSA) is 64.0 Å². The van der Waals surface area contributed by atoms with E-state index in [2.05, 4.69) is 11.9 Å². The molecule has 0 saturated carbocycles. The maximum absolute atomic E-state index is 12.7. The number of nitrogens with zero attached hydrogens (tertiary/aromatic N) is 2. The van der Waals surface area contributed by atoms with E-state index in [4.69, 9.17) is 0 Å². The van der Waals surface area contributed by atoms with Crippen molar-refractivity contribution >= 4 is 5.91 Å². The van der Waals surface area contributed by atoms with Gasteiger partial charge in [0.25, 0.3) is 5.91 Å². The molecule has 2 atom stereocenters. The Morgan fingerprint density at radius 2 is 2.14 bits per heavy atom. The first-order valence-corrected chi connectivity index (χ1v) is 7.95. The van der Waals surface area contributed by atoms with Gasteiger partial charge in [0, 0.05) is 37.2 Å². The van der Waals surface area contributed by atoms with E-state index in [9.17, 15) is 15.0 Å². The van der Waals surface area contributed by atoms with Gasteiger partial charge in [-0.1, -0.05) is 6.07 Å². The zero-order chi connectivity index (χ0) is 15.7. The Balaban J connectivity index is 1.79. The number of hydrogen-bond acceptors (Lipinski definition) is 4. The van der Waals surface area contributed by atoms with Gasteiger partial charge in [0.05, 0.1) is 6.10 Å². The molecule has 5 nitrogen and oxygen atoms in total. The highest BCUT2D eigenvalue weighted by Gasteiger charge is 2.45. The molecule has 0 radical (unpaired) electrons. The summed E-state index contributed by atoms with van der Waals surface area (Å²) in [5.41, 5.74) is 0.299. The van der Waals surface area contributed by atoms with Gasteiger partial charge in [-0.05, 0) is 44.5 Å². The molecule has 1 aromatic carbocycles. The molecule has 1 amide bonds. The molecule has 0 aromatic heterocycles. The first-order valence-electron chi connectivity index (χ1n) is 7.95. The smallest absolute Gasteiger partial charge is 0.254 e. The molecule has 1 spiro atoms. The monoisotopic (exact) mass is 304 g/mol. The summed E-state index contributed by atoms with van der Waals surface area (Å²) in [5, 5.41) is 20.1. The van der Waals surface area contributed by atoms with Crippen molar-refractivity contribution in [3.8, 4) is 5.75 Å². The molecule has 2 fully saturated rings. The van der Waals surface area contributed by atoms with E-state index in [0.717, 1.165) is 32.4 Å². The van der Waals surface area contributed by atoms with Crippen molar-refractivity contribution in [2.24, 2.45) is 5.41 Å². The number of piperidine rings is 2. The lowest BCUT2D eigenvalue weighted by Crippen LogP contribution is -2.59. The Hall–Kier alpha value is -1.59. The lowest BCUT2D eigenvalue weighted by Gasteiger charge is -2.50. The lowest BCUT2D eigenvalue weighted by atomic mass is 9.71. The zero-order valence-corrected chi connectivity index (χ0v) is 13.0. The molecule has 2 heterocycles. The number of aliphatic hydroxyl groups excluding tert-OH is 1. The number of aromatic hydroxyl groups is 1. The van der Waals surface area contributed by atoms with Crippen LogP contribution in [0.4, 0.5) is 0 Å². The predicted octanol–water partition coefficient (Wildman–Crippen LogP) is 1.31. The summed E-state index contributed by atoms with van der Waals surface area (Å²) in [6.07, 6.45) is 2.30. The normalized spacial score (nSPS) is 29.7. The second kappa shape index (κ2) is 5.89. The van der Waals surface area contributed by atoms with Gasteiger partial charge in [-0.2, -0.15) is 0 Å². The lowest BCUT2D eigenvalue weighted by molar-refractivity contribution is -0.0731. The number of hydrogen-bond donors (Lipinski definition) is 2. The van der Waals surface area contributed by atoms with Crippen molar-refractivity contribution in [3.63, 3.8) is 0 Å². The highest BCUT2D eigenvalue weighted by Crippen LogP contribution is 2.38. The van der Waals surface area contributed by atoms with Crippen LogP contribution in [0.1, 0.15) is 29.6 Å². The van der Waals surface area contributed by atoms with Crippen molar-refractivity contribution in [3.05, 3.63) is 29.8 Å². The molecule has 2 saturated heterocycles. The van der Waals surface area contributed by atoms with Gasteiger partial charge in [0.2, 0.25) is 0 Å². The van der Waals surface area contributed by atoms with E-state index >= 15 is 0 Å². The molecule has 2 aliphatic heterocycles. The third-order valence-corrected chi connectivity index (χ3v) is 5.06. The van der Waals surface area contributed by atoms with Crippen LogP contribution < -0.4 is 0 Å². The first-order chi connectivity index (χ1) is 10.5. The van der Waals surface area contributed by atoms with Gasteiger partial charge in [0.15, 0.2) is 0 Å². The third kappa shape index (κ3) is 2.83. The number of phenolic OH excluding ortho intramolecular Hbond substituents is 1. The van der Waals surface area contributed by atoms with Crippen LogP contribution in [0, 0.1) is 5.41 Å². The summed E-state index contributed by atoms with van der Waals surface area (Å²) in [4.78, 5) is 16.8. The third-order valence-electron chi connectivity index (χ3n) is 5.06. The van der Waals surface area contributed by atoms with Gasteiger partial charge < -0.3 is 20.0 Å². The van der Waals surface area contributed by atoms with Crippen LogP contribution in [0.25, 0.3) is 0 Å². The Labute approximate surface area is 131 Å². The summed E-state index contributed by atoms with van der Waals surface area (Å²) in [5.74, 6) is 0.0467. The fraction of sp³-hybridized carbons (Fsp3) is 0.588. The van der Waals surface area contributed by atoms with E-state index < -0.39 is 0 Å². The summed E-state index contributed by atoms with van der Waals surface area (Å²) >= 11 is 0. The van der Waals surface area contributed by atoms with Crippen molar-refractivity contribution in [1.82, 2.24) is 9.80 Å². The second-order valence-electron chi connectivity index (χ2n) is 6.79. The number of carbonyl (C=O) groups is 1. The molecule has 22 heavy (non-hydrogen) atoms. The summed E-state index contributed by atoms with van der Waals surface area (Å²) in [6.45, 7) is 3.04. The van der Waals surface area contributed by atoms with Crippen LogP contribution in [-0.2, 0) is 0 Å². The van der Waals surface area contributed by atoms with Gasteiger partial charge in [-0.15, -0.1) is 0 Å². The molecule has 0 aliphatic carbocycles. The maximum atomic E-state index is 12.7. The Morgan fingerprint density at radius 1 is 1.32 bits per heavy atom. The van der Waals surface area contributed by atoms with Gasteiger partial charge in [0.1, 0.15) is 5.75 Å². The molecule has 2 aliphatic rings. The standard InChI is InChI=1S/C17H24N2O3/c1-18-9-6-15(21)17(11-18)7-3-8-19(12-17)16(22)13-4-2-5-14(20)10-13/h2,4-5,10,15,20-21H,3,6-9,11-12H2,1H3/t15-,17-/m0/s1. The van der Waals surface area contributed by atoms with E-state index in [1.54, 1.807) is 18.2 Å². The molecule has 3 rings (SSSR count). The number of amides is 1. The molecular formula is C17H24N2O3. The van der Waals surface area contributed by atoms with Crippen LogP contribution in [0.15, 0.2) is 24.3 Å². The van der Waals surface area contributed by atoms with Crippen LogP contribution in [-0.4, -0.2) is 65.3 Å². The number of aliphatic hydroxyl groups is 1. The van der Waals surface area contributed by atoms with E-state index in [0.29, 0.717) is 18.7 Å². The second-order valence-corrected chi connectivity index (χ2v) is 6.79. The fourth-order valence-corrected chi connectivity index (χ4v) is 3.93. The number of phenols is 1. The van der Waals surface area contributed by atoms with Gasteiger partial charge in [-0.3, -0.25) is 4.79 Å². The van der Waals surface area contributed by atoms with Crippen molar-refractivity contribution in [2.75, 3.05) is 33.2 Å². The predicted molar refractivity (Wildman–Crippen MR) is 83.8 cm³/mol. The molecule has 2 N–H and O–H groups in total. The summed E-state index contributed by atoms with van der Waals surface area (Å²) in [7, 11) is 2.07. The summed E-state index contributed by atoms with van der Waals surface area (Å²) < 4.78 is 0.